The highest BCUT2D eigenvalue weighted by Gasteiger charge is 2.26. The Hall–Kier alpha value is -0.580. The highest BCUT2D eigenvalue weighted by Crippen LogP contribution is 2.20. The summed E-state index contributed by atoms with van der Waals surface area (Å²) in [6.07, 6.45) is 2.05. The molecular formula is C15H22BrClN2O. The van der Waals surface area contributed by atoms with Crippen molar-refractivity contribution in [1.29, 1.82) is 0 Å². The first-order chi connectivity index (χ1) is 9.13. The maximum atomic E-state index is 12.7. The van der Waals surface area contributed by atoms with Crippen molar-refractivity contribution in [2.24, 2.45) is 0 Å². The minimum Gasteiger partial charge on any atom is -0.334 e. The summed E-state index contributed by atoms with van der Waals surface area (Å²) in [5.74, 6) is 0.158. The fourth-order valence-corrected chi connectivity index (χ4v) is 2.79. The van der Waals surface area contributed by atoms with Crippen molar-refractivity contribution < 1.29 is 4.79 Å². The molecule has 3 nitrogen and oxygen atoms in total. The molecule has 1 aliphatic rings. The molecule has 1 unspecified atom stereocenters. The number of hydrogen-bond acceptors (Lipinski definition) is 2. The minimum absolute atomic E-state index is 0. The predicted octanol–water partition coefficient (Wildman–Crippen LogP) is 3.39. The average Bonchev–Trinajstić information content (AvgIpc) is 2.92. The van der Waals surface area contributed by atoms with E-state index in [2.05, 4.69) is 28.2 Å². The molecule has 0 aliphatic carbocycles. The van der Waals surface area contributed by atoms with Gasteiger partial charge < -0.3 is 10.2 Å². The summed E-state index contributed by atoms with van der Waals surface area (Å²) in [6.45, 7) is 6.90. The molecule has 1 aliphatic heterocycles. The van der Waals surface area contributed by atoms with Gasteiger partial charge in [0.2, 0.25) is 0 Å². The van der Waals surface area contributed by atoms with Crippen LogP contribution in [-0.4, -0.2) is 36.5 Å². The van der Waals surface area contributed by atoms with Gasteiger partial charge >= 0.3 is 0 Å². The van der Waals surface area contributed by atoms with Gasteiger partial charge in [0, 0.05) is 29.2 Å². The third kappa shape index (κ3) is 3.96. The molecule has 1 N–H and O–H groups in total. The molecule has 0 saturated carbocycles. The predicted molar refractivity (Wildman–Crippen MR) is 88.7 cm³/mol. The quantitative estimate of drug-likeness (QED) is 0.891. The van der Waals surface area contributed by atoms with Gasteiger partial charge in [0.1, 0.15) is 0 Å². The van der Waals surface area contributed by atoms with Crippen LogP contribution < -0.4 is 5.32 Å². The van der Waals surface area contributed by atoms with Crippen LogP contribution in [0.1, 0.15) is 35.7 Å². The molecule has 1 fully saturated rings. The van der Waals surface area contributed by atoms with Gasteiger partial charge in [-0.15, -0.1) is 12.4 Å². The standard InChI is InChI=1S/C15H21BrN2O.ClH/c1-3-8-18(13-6-7-17-10-13)15(19)12-4-5-14(16)11(2)9-12;/h4-5,9,13,17H,3,6-8,10H2,1-2H3;1H. The SMILES string of the molecule is CCCN(C(=O)c1ccc(Br)c(C)c1)C1CCNC1.Cl. The highest BCUT2D eigenvalue weighted by molar-refractivity contribution is 9.10. The maximum Gasteiger partial charge on any atom is 0.254 e. The second-order valence-corrected chi connectivity index (χ2v) is 5.96. The van der Waals surface area contributed by atoms with Crippen molar-refractivity contribution in [2.45, 2.75) is 32.7 Å². The molecule has 1 atom stereocenters. The van der Waals surface area contributed by atoms with E-state index in [0.29, 0.717) is 6.04 Å². The van der Waals surface area contributed by atoms with Gasteiger partial charge in [-0.2, -0.15) is 0 Å². The molecule has 1 saturated heterocycles. The summed E-state index contributed by atoms with van der Waals surface area (Å²) in [4.78, 5) is 14.7. The van der Waals surface area contributed by atoms with Gasteiger partial charge in [0.05, 0.1) is 0 Å². The third-order valence-electron chi connectivity index (χ3n) is 3.61. The Balaban J connectivity index is 0.00000200. The van der Waals surface area contributed by atoms with Crippen LogP contribution in [0.3, 0.4) is 0 Å². The van der Waals surface area contributed by atoms with E-state index >= 15 is 0 Å². The van der Waals surface area contributed by atoms with Crippen LogP contribution in [-0.2, 0) is 0 Å². The van der Waals surface area contributed by atoms with Gasteiger partial charge in [-0.25, -0.2) is 0 Å². The van der Waals surface area contributed by atoms with Crippen LogP contribution >= 0.6 is 28.3 Å². The van der Waals surface area contributed by atoms with Crippen molar-refractivity contribution in [1.82, 2.24) is 10.2 Å². The van der Waals surface area contributed by atoms with Crippen molar-refractivity contribution in [3.05, 3.63) is 33.8 Å². The first-order valence-electron chi connectivity index (χ1n) is 6.91. The first kappa shape index (κ1) is 17.5. The van der Waals surface area contributed by atoms with Crippen LogP contribution in [0.5, 0.6) is 0 Å². The molecule has 20 heavy (non-hydrogen) atoms. The van der Waals surface area contributed by atoms with E-state index in [0.717, 1.165) is 48.1 Å². The number of nitrogens with one attached hydrogen (secondary N) is 1. The van der Waals surface area contributed by atoms with E-state index in [4.69, 9.17) is 0 Å². The highest BCUT2D eigenvalue weighted by atomic mass is 79.9. The lowest BCUT2D eigenvalue weighted by Gasteiger charge is -2.28. The molecule has 2 rings (SSSR count). The van der Waals surface area contributed by atoms with Gasteiger partial charge in [-0.05, 0) is 50.1 Å². The molecule has 1 amide bonds. The lowest BCUT2D eigenvalue weighted by atomic mass is 10.1. The summed E-state index contributed by atoms with van der Waals surface area (Å²) >= 11 is 3.48. The Kier molecular flexibility index (Phi) is 7.00. The Morgan fingerprint density at radius 1 is 1.50 bits per heavy atom. The maximum absolute atomic E-state index is 12.7. The van der Waals surface area contributed by atoms with Crippen LogP contribution in [0, 0.1) is 6.92 Å². The summed E-state index contributed by atoms with van der Waals surface area (Å²) < 4.78 is 1.05. The number of carbonyl (C=O) groups excluding carboxylic acids is 1. The van der Waals surface area contributed by atoms with E-state index in [1.807, 2.05) is 30.0 Å². The largest absolute Gasteiger partial charge is 0.334 e. The Labute approximate surface area is 135 Å². The van der Waals surface area contributed by atoms with E-state index < -0.39 is 0 Å². The molecule has 112 valence electrons. The number of aryl methyl sites for hydroxylation is 1. The summed E-state index contributed by atoms with van der Waals surface area (Å²) in [6, 6.07) is 6.18. The van der Waals surface area contributed by atoms with Crippen molar-refractivity contribution in [2.75, 3.05) is 19.6 Å². The van der Waals surface area contributed by atoms with Crippen molar-refractivity contribution in [3.63, 3.8) is 0 Å². The number of nitrogens with zero attached hydrogens (tertiary/aromatic N) is 1. The molecular weight excluding hydrogens is 340 g/mol. The second kappa shape index (κ2) is 8.01. The molecule has 0 radical (unpaired) electrons. The number of hydrogen-bond donors (Lipinski definition) is 1. The summed E-state index contributed by atoms with van der Waals surface area (Å²) in [5, 5.41) is 3.34. The number of rotatable bonds is 4. The Bertz CT molecular complexity index is 461. The van der Waals surface area contributed by atoms with E-state index in [-0.39, 0.29) is 18.3 Å². The van der Waals surface area contributed by atoms with Crippen LogP contribution in [0.25, 0.3) is 0 Å². The first-order valence-corrected chi connectivity index (χ1v) is 7.70. The molecule has 1 aromatic rings. The zero-order valence-corrected chi connectivity index (χ0v) is 14.4. The van der Waals surface area contributed by atoms with E-state index in [9.17, 15) is 4.79 Å². The Morgan fingerprint density at radius 3 is 2.80 bits per heavy atom. The number of halogens is 2. The molecule has 0 spiro atoms. The Morgan fingerprint density at radius 2 is 2.25 bits per heavy atom. The number of amides is 1. The van der Waals surface area contributed by atoms with Crippen molar-refractivity contribution >= 4 is 34.2 Å². The summed E-state index contributed by atoms with van der Waals surface area (Å²) in [5.41, 5.74) is 1.90. The lowest BCUT2D eigenvalue weighted by Crippen LogP contribution is -2.42. The molecule has 0 bridgehead atoms. The molecule has 0 aromatic heterocycles. The lowest BCUT2D eigenvalue weighted by molar-refractivity contribution is 0.0692. The van der Waals surface area contributed by atoms with Crippen LogP contribution in [0.2, 0.25) is 0 Å². The van der Waals surface area contributed by atoms with Crippen molar-refractivity contribution in [3.8, 4) is 0 Å². The van der Waals surface area contributed by atoms with Crippen LogP contribution in [0.4, 0.5) is 0 Å². The van der Waals surface area contributed by atoms with E-state index in [1.54, 1.807) is 0 Å². The number of carbonyl (C=O) groups is 1. The second-order valence-electron chi connectivity index (χ2n) is 5.11. The van der Waals surface area contributed by atoms with Gasteiger partial charge in [-0.3, -0.25) is 4.79 Å². The van der Waals surface area contributed by atoms with Gasteiger partial charge in [-0.1, -0.05) is 22.9 Å². The average molecular weight is 362 g/mol. The normalized spacial score (nSPS) is 17.6. The number of benzene rings is 1. The van der Waals surface area contributed by atoms with Gasteiger partial charge in [0.15, 0.2) is 0 Å². The van der Waals surface area contributed by atoms with E-state index in [1.165, 1.54) is 0 Å². The monoisotopic (exact) mass is 360 g/mol. The summed E-state index contributed by atoms with van der Waals surface area (Å²) in [7, 11) is 0. The fourth-order valence-electron chi connectivity index (χ4n) is 2.54. The zero-order valence-electron chi connectivity index (χ0n) is 12.0. The van der Waals surface area contributed by atoms with Gasteiger partial charge in [0.25, 0.3) is 5.91 Å². The third-order valence-corrected chi connectivity index (χ3v) is 4.50. The minimum atomic E-state index is 0. The topological polar surface area (TPSA) is 32.3 Å². The molecule has 1 aromatic carbocycles. The zero-order chi connectivity index (χ0) is 13.8. The smallest absolute Gasteiger partial charge is 0.254 e. The fraction of sp³-hybridized carbons (Fsp3) is 0.533. The molecule has 5 heteroatoms. The molecule has 1 heterocycles. The van der Waals surface area contributed by atoms with Crippen LogP contribution in [0.15, 0.2) is 22.7 Å².